The molecule has 0 aromatic carbocycles. The Labute approximate surface area is 89.2 Å². The number of hydrogen-bond donors (Lipinski definition) is 0. The van der Waals surface area contributed by atoms with Gasteiger partial charge in [0.25, 0.3) is 0 Å². The molecule has 0 aliphatic heterocycles. The van der Waals surface area contributed by atoms with Crippen LogP contribution in [0.1, 0.15) is 19.8 Å². The number of methoxy groups -OCH3 is 2. The van der Waals surface area contributed by atoms with Crippen LogP contribution in [0.4, 0.5) is 0 Å². The van der Waals surface area contributed by atoms with Crippen molar-refractivity contribution in [2.24, 2.45) is 11.3 Å². The lowest BCUT2D eigenvalue weighted by Crippen LogP contribution is -2.43. The zero-order chi connectivity index (χ0) is 11.5. The zero-order valence-corrected chi connectivity index (χ0v) is 9.28. The van der Waals surface area contributed by atoms with Crippen LogP contribution >= 0.6 is 0 Å². The van der Waals surface area contributed by atoms with E-state index in [0.29, 0.717) is 12.8 Å². The molecule has 0 N–H and O–H groups in total. The van der Waals surface area contributed by atoms with E-state index in [1.54, 1.807) is 0 Å². The summed E-state index contributed by atoms with van der Waals surface area (Å²) in [6, 6.07) is 0. The molecule has 0 heterocycles. The molecular formula is C11H16O4. The number of esters is 2. The Kier molecular flexibility index (Phi) is 3.50. The first-order valence-corrected chi connectivity index (χ1v) is 4.90. The van der Waals surface area contributed by atoms with Crippen LogP contribution in [0.25, 0.3) is 0 Å². The maximum absolute atomic E-state index is 11.7. The average molecular weight is 212 g/mol. The van der Waals surface area contributed by atoms with E-state index in [9.17, 15) is 9.59 Å². The van der Waals surface area contributed by atoms with Crippen molar-refractivity contribution in [2.45, 2.75) is 19.8 Å². The maximum atomic E-state index is 11.7. The van der Waals surface area contributed by atoms with Crippen molar-refractivity contribution in [3.63, 3.8) is 0 Å². The van der Waals surface area contributed by atoms with Crippen molar-refractivity contribution >= 4 is 11.9 Å². The summed E-state index contributed by atoms with van der Waals surface area (Å²) in [4.78, 5) is 23.4. The number of allylic oxidation sites excluding steroid dienone is 2. The van der Waals surface area contributed by atoms with Gasteiger partial charge in [-0.05, 0) is 18.8 Å². The molecule has 0 fully saturated rings. The van der Waals surface area contributed by atoms with E-state index < -0.39 is 17.4 Å². The number of ether oxygens (including phenoxy) is 2. The van der Waals surface area contributed by atoms with Gasteiger partial charge in [-0.2, -0.15) is 0 Å². The van der Waals surface area contributed by atoms with E-state index in [1.807, 2.05) is 19.1 Å². The van der Waals surface area contributed by atoms with Crippen LogP contribution in [0.15, 0.2) is 12.2 Å². The SMILES string of the molecule is COC(=O)C1(C(=O)OC)CC=CC(C)C1. The van der Waals surface area contributed by atoms with Crippen molar-refractivity contribution in [3.05, 3.63) is 12.2 Å². The predicted molar refractivity (Wildman–Crippen MR) is 54.0 cm³/mol. The quantitative estimate of drug-likeness (QED) is 0.393. The summed E-state index contributed by atoms with van der Waals surface area (Å²) < 4.78 is 9.38. The Morgan fingerprint density at radius 3 is 2.20 bits per heavy atom. The molecule has 0 saturated carbocycles. The Morgan fingerprint density at radius 1 is 1.27 bits per heavy atom. The largest absolute Gasteiger partial charge is 0.468 e. The number of hydrogen-bond acceptors (Lipinski definition) is 4. The lowest BCUT2D eigenvalue weighted by Gasteiger charge is -2.31. The molecule has 0 saturated heterocycles. The fourth-order valence-electron chi connectivity index (χ4n) is 2.01. The van der Waals surface area contributed by atoms with Crippen molar-refractivity contribution in [3.8, 4) is 0 Å². The summed E-state index contributed by atoms with van der Waals surface area (Å²) in [5, 5.41) is 0. The van der Waals surface area contributed by atoms with Crippen LogP contribution in [0.2, 0.25) is 0 Å². The van der Waals surface area contributed by atoms with Crippen LogP contribution in [0.3, 0.4) is 0 Å². The fourth-order valence-corrected chi connectivity index (χ4v) is 2.01. The smallest absolute Gasteiger partial charge is 0.323 e. The molecule has 0 spiro atoms. The first kappa shape index (κ1) is 11.8. The van der Waals surface area contributed by atoms with Gasteiger partial charge in [-0.3, -0.25) is 9.59 Å². The highest BCUT2D eigenvalue weighted by Gasteiger charge is 2.49. The fraction of sp³-hybridized carbons (Fsp3) is 0.636. The second-order valence-electron chi connectivity index (χ2n) is 3.88. The third kappa shape index (κ3) is 2.03. The summed E-state index contributed by atoms with van der Waals surface area (Å²) in [7, 11) is 2.58. The molecule has 1 unspecified atom stereocenters. The summed E-state index contributed by atoms with van der Waals surface area (Å²) in [5.41, 5.74) is -1.14. The molecule has 4 nitrogen and oxygen atoms in total. The van der Waals surface area contributed by atoms with Gasteiger partial charge in [0.15, 0.2) is 5.41 Å². The Hall–Kier alpha value is -1.32. The van der Waals surface area contributed by atoms with Gasteiger partial charge in [0.2, 0.25) is 0 Å². The maximum Gasteiger partial charge on any atom is 0.323 e. The summed E-state index contributed by atoms with van der Waals surface area (Å²) in [5.74, 6) is -0.840. The first-order chi connectivity index (χ1) is 7.06. The lowest BCUT2D eigenvalue weighted by molar-refractivity contribution is -0.170. The van der Waals surface area contributed by atoms with E-state index in [4.69, 9.17) is 9.47 Å². The van der Waals surface area contributed by atoms with E-state index in [-0.39, 0.29) is 5.92 Å². The van der Waals surface area contributed by atoms with Crippen LogP contribution < -0.4 is 0 Å². The molecular weight excluding hydrogens is 196 g/mol. The topological polar surface area (TPSA) is 52.6 Å². The normalized spacial score (nSPS) is 23.3. The molecule has 0 aromatic heterocycles. The zero-order valence-electron chi connectivity index (χ0n) is 9.28. The van der Waals surface area contributed by atoms with Crippen molar-refractivity contribution in [1.29, 1.82) is 0 Å². The van der Waals surface area contributed by atoms with Gasteiger partial charge in [-0.25, -0.2) is 0 Å². The van der Waals surface area contributed by atoms with E-state index in [1.165, 1.54) is 14.2 Å². The molecule has 1 aliphatic carbocycles. The highest BCUT2D eigenvalue weighted by Crippen LogP contribution is 2.37. The minimum atomic E-state index is -1.14. The van der Waals surface area contributed by atoms with Crippen molar-refractivity contribution in [1.82, 2.24) is 0 Å². The van der Waals surface area contributed by atoms with Crippen LogP contribution in [-0.4, -0.2) is 26.2 Å². The number of rotatable bonds is 2. The third-order valence-corrected chi connectivity index (χ3v) is 2.75. The Balaban J connectivity index is 3.02. The molecule has 0 aromatic rings. The van der Waals surface area contributed by atoms with Crippen LogP contribution in [0.5, 0.6) is 0 Å². The first-order valence-electron chi connectivity index (χ1n) is 4.90. The Morgan fingerprint density at radius 2 is 1.80 bits per heavy atom. The number of carbonyl (C=O) groups is 2. The van der Waals surface area contributed by atoms with Gasteiger partial charge in [0, 0.05) is 0 Å². The average Bonchev–Trinajstić information content (AvgIpc) is 2.26. The van der Waals surface area contributed by atoms with E-state index >= 15 is 0 Å². The molecule has 15 heavy (non-hydrogen) atoms. The van der Waals surface area contributed by atoms with Gasteiger partial charge < -0.3 is 9.47 Å². The lowest BCUT2D eigenvalue weighted by atomic mass is 9.73. The van der Waals surface area contributed by atoms with Crippen molar-refractivity contribution < 1.29 is 19.1 Å². The summed E-state index contributed by atoms with van der Waals surface area (Å²) in [6.45, 7) is 1.95. The molecule has 1 atom stereocenters. The van der Waals surface area contributed by atoms with Crippen LogP contribution in [0, 0.1) is 11.3 Å². The van der Waals surface area contributed by atoms with Crippen molar-refractivity contribution in [2.75, 3.05) is 14.2 Å². The number of carbonyl (C=O) groups excluding carboxylic acids is 2. The minimum Gasteiger partial charge on any atom is -0.468 e. The molecule has 0 bridgehead atoms. The molecule has 0 amide bonds. The minimum absolute atomic E-state index is 0.178. The highest BCUT2D eigenvalue weighted by molar-refractivity contribution is 6.00. The van der Waals surface area contributed by atoms with Gasteiger partial charge in [-0.1, -0.05) is 19.1 Å². The second kappa shape index (κ2) is 4.47. The molecule has 1 rings (SSSR count). The Bertz CT molecular complexity index is 277. The second-order valence-corrected chi connectivity index (χ2v) is 3.88. The third-order valence-electron chi connectivity index (χ3n) is 2.75. The van der Waals surface area contributed by atoms with Gasteiger partial charge in [0.1, 0.15) is 0 Å². The predicted octanol–water partition coefficient (Wildman–Crippen LogP) is 1.30. The summed E-state index contributed by atoms with van der Waals surface area (Å²) >= 11 is 0. The van der Waals surface area contributed by atoms with Gasteiger partial charge >= 0.3 is 11.9 Å². The monoisotopic (exact) mass is 212 g/mol. The van der Waals surface area contributed by atoms with Crippen LogP contribution in [-0.2, 0) is 19.1 Å². The van der Waals surface area contributed by atoms with E-state index in [0.717, 1.165) is 0 Å². The highest BCUT2D eigenvalue weighted by atomic mass is 16.5. The molecule has 1 aliphatic rings. The molecule has 0 radical (unpaired) electrons. The summed E-state index contributed by atoms with van der Waals surface area (Å²) in [6.07, 6.45) is 4.63. The van der Waals surface area contributed by atoms with E-state index in [2.05, 4.69) is 0 Å². The van der Waals surface area contributed by atoms with Gasteiger partial charge in [-0.15, -0.1) is 0 Å². The molecule has 4 heteroatoms. The van der Waals surface area contributed by atoms with Gasteiger partial charge in [0.05, 0.1) is 14.2 Å². The molecule has 84 valence electrons. The standard InChI is InChI=1S/C11H16O4/c1-8-5-4-6-11(7-8,9(12)14-2)10(13)15-3/h4-5,8H,6-7H2,1-3H3.